The molecule has 0 aromatic heterocycles. The van der Waals surface area contributed by atoms with Crippen molar-refractivity contribution >= 4 is 10.8 Å². The molecular formula is C17H16. The Morgan fingerprint density at radius 3 is 2.47 bits per heavy atom. The summed E-state index contributed by atoms with van der Waals surface area (Å²) in [5.74, 6) is 1.08. The fourth-order valence-corrected chi connectivity index (χ4v) is 2.65. The average Bonchev–Trinajstić information content (AvgIpc) is 2.39. The number of benzene rings is 2. The van der Waals surface area contributed by atoms with Crippen LogP contribution in [0.2, 0.25) is 0 Å². The van der Waals surface area contributed by atoms with Crippen molar-refractivity contribution in [3.05, 3.63) is 72.3 Å². The van der Waals surface area contributed by atoms with Crippen LogP contribution in [0.25, 0.3) is 10.8 Å². The Morgan fingerprint density at radius 2 is 1.59 bits per heavy atom. The van der Waals surface area contributed by atoms with E-state index in [1.165, 1.54) is 16.3 Å². The first kappa shape index (κ1) is 10.3. The van der Waals surface area contributed by atoms with Crippen molar-refractivity contribution in [2.45, 2.75) is 12.8 Å². The van der Waals surface area contributed by atoms with E-state index >= 15 is 0 Å². The summed E-state index contributed by atoms with van der Waals surface area (Å²) in [5, 5.41) is 2.71. The Hall–Kier alpha value is -1.82. The molecule has 0 saturated heterocycles. The first-order valence-electron chi connectivity index (χ1n) is 6.19. The van der Waals surface area contributed by atoms with E-state index in [0.717, 1.165) is 0 Å². The molecule has 2 aromatic rings. The summed E-state index contributed by atoms with van der Waals surface area (Å²) in [7, 11) is 0. The molecule has 84 valence electrons. The molecule has 1 aliphatic rings. The van der Waals surface area contributed by atoms with Crippen LogP contribution in [0, 0.1) is 5.92 Å². The van der Waals surface area contributed by atoms with Gasteiger partial charge in [0.2, 0.25) is 0 Å². The van der Waals surface area contributed by atoms with Gasteiger partial charge in [-0.15, -0.1) is 0 Å². The normalized spacial score (nSPS) is 23.1. The first-order chi connectivity index (χ1) is 8.36. The van der Waals surface area contributed by atoms with Gasteiger partial charge in [-0.3, -0.25) is 0 Å². The summed E-state index contributed by atoms with van der Waals surface area (Å²) in [5.41, 5.74) is 1.44. The SMILES string of the molecule is CC1C=CC=CC1c1cccc2ccccc12. The lowest BCUT2D eigenvalue weighted by Gasteiger charge is -2.22. The minimum absolute atomic E-state index is 0.506. The predicted octanol–water partition coefficient (Wildman–Crippen LogP) is 4.69. The van der Waals surface area contributed by atoms with E-state index < -0.39 is 0 Å². The van der Waals surface area contributed by atoms with E-state index in [0.29, 0.717) is 11.8 Å². The molecule has 0 fully saturated rings. The number of hydrogen-bond donors (Lipinski definition) is 0. The molecule has 0 nitrogen and oxygen atoms in total. The van der Waals surface area contributed by atoms with Gasteiger partial charge >= 0.3 is 0 Å². The zero-order valence-electron chi connectivity index (χ0n) is 10.0. The van der Waals surface area contributed by atoms with E-state index in [4.69, 9.17) is 0 Å². The van der Waals surface area contributed by atoms with Gasteiger partial charge in [-0.2, -0.15) is 0 Å². The molecule has 3 rings (SSSR count). The van der Waals surface area contributed by atoms with E-state index in [1.54, 1.807) is 0 Å². The van der Waals surface area contributed by atoms with Crippen LogP contribution in [0.1, 0.15) is 18.4 Å². The van der Waals surface area contributed by atoms with Gasteiger partial charge in [-0.05, 0) is 22.3 Å². The van der Waals surface area contributed by atoms with Gasteiger partial charge in [0.25, 0.3) is 0 Å². The van der Waals surface area contributed by atoms with Gasteiger partial charge in [-0.1, -0.05) is 73.7 Å². The zero-order valence-corrected chi connectivity index (χ0v) is 10.0. The van der Waals surface area contributed by atoms with Gasteiger partial charge in [-0.25, -0.2) is 0 Å². The van der Waals surface area contributed by atoms with Crippen LogP contribution in [0.5, 0.6) is 0 Å². The van der Waals surface area contributed by atoms with Crippen LogP contribution in [-0.2, 0) is 0 Å². The molecule has 0 bridgehead atoms. The summed E-state index contributed by atoms with van der Waals surface area (Å²) in [6, 6.07) is 15.2. The van der Waals surface area contributed by atoms with Crippen LogP contribution in [0.3, 0.4) is 0 Å². The molecule has 0 heteroatoms. The highest BCUT2D eigenvalue weighted by Crippen LogP contribution is 2.34. The summed E-state index contributed by atoms with van der Waals surface area (Å²) in [4.78, 5) is 0. The van der Waals surface area contributed by atoms with Crippen molar-refractivity contribution in [2.24, 2.45) is 5.92 Å². The fourth-order valence-electron chi connectivity index (χ4n) is 2.65. The smallest absolute Gasteiger partial charge is 0.00875 e. The number of fused-ring (bicyclic) bond motifs is 1. The Bertz CT molecular complexity index is 585. The quantitative estimate of drug-likeness (QED) is 0.654. The lowest BCUT2D eigenvalue weighted by Crippen LogP contribution is -2.07. The van der Waals surface area contributed by atoms with Crippen LogP contribution in [0.4, 0.5) is 0 Å². The third kappa shape index (κ3) is 1.80. The van der Waals surface area contributed by atoms with Crippen molar-refractivity contribution in [1.29, 1.82) is 0 Å². The molecule has 0 aliphatic heterocycles. The van der Waals surface area contributed by atoms with Crippen molar-refractivity contribution in [3.8, 4) is 0 Å². The summed E-state index contributed by atoms with van der Waals surface area (Å²) in [6.45, 7) is 2.28. The summed E-state index contributed by atoms with van der Waals surface area (Å²) in [6.07, 6.45) is 8.90. The topological polar surface area (TPSA) is 0 Å². The van der Waals surface area contributed by atoms with E-state index in [1.807, 2.05) is 0 Å². The Morgan fingerprint density at radius 1 is 0.824 bits per heavy atom. The van der Waals surface area contributed by atoms with Crippen molar-refractivity contribution in [2.75, 3.05) is 0 Å². The van der Waals surface area contributed by atoms with Gasteiger partial charge in [0.15, 0.2) is 0 Å². The molecule has 0 heterocycles. The van der Waals surface area contributed by atoms with Crippen LogP contribution in [0.15, 0.2) is 66.8 Å². The highest BCUT2D eigenvalue weighted by Gasteiger charge is 2.17. The molecule has 0 N–H and O–H groups in total. The maximum atomic E-state index is 2.31. The third-order valence-corrected chi connectivity index (χ3v) is 3.59. The molecule has 0 radical (unpaired) electrons. The van der Waals surface area contributed by atoms with Crippen molar-refractivity contribution in [3.63, 3.8) is 0 Å². The molecule has 0 amide bonds. The average molecular weight is 220 g/mol. The largest absolute Gasteiger partial charge is 0.0808 e. The van der Waals surface area contributed by atoms with Crippen molar-refractivity contribution < 1.29 is 0 Å². The minimum Gasteiger partial charge on any atom is -0.0808 e. The third-order valence-electron chi connectivity index (χ3n) is 3.59. The lowest BCUT2D eigenvalue weighted by atomic mass is 9.82. The predicted molar refractivity (Wildman–Crippen MR) is 74.1 cm³/mol. The van der Waals surface area contributed by atoms with Gasteiger partial charge in [0.05, 0.1) is 0 Å². The Labute approximate surface area is 102 Å². The standard InChI is InChI=1S/C17H16/c1-13-7-2-4-10-15(13)17-12-6-9-14-8-3-5-11-16(14)17/h2-13,15H,1H3. The van der Waals surface area contributed by atoms with Crippen LogP contribution in [-0.4, -0.2) is 0 Å². The van der Waals surface area contributed by atoms with Crippen LogP contribution >= 0.6 is 0 Å². The van der Waals surface area contributed by atoms with E-state index in [-0.39, 0.29) is 0 Å². The Balaban J connectivity index is 2.17. The van der Waals surface area contributed by atoms with Gasteiger partial charge < -0.3 is 0 Å². The molecule has 0 spiro atoms. The summed E-state index contributed by atoms with van der Waals surface area (Å²) >= 11 is 0. The molecule has 1 aliphatic carbocycles. The second kappa shape index (κ2) is 4.21. The van der Waals surface area contributed by atoms with Gasteiger partial charge in [0.1, 0.15) is 0 Å². The Kier molecular flexibility index (Phi) is 2.56. The maximum absolute atomic E-state index is 2.31. The number of allylic oxidation sites excluding steroid dienone is 4. The first-order valence-corrected chi connectivity index (χ1v) is 6.19. The number of rotatable bonds is 1. The number of hydrogen-bond acceptors (Lipinski definition) is 0. The molecule has 17 heavy (non-hydrogen) atoms. The molecule has 2 aromatic carbocycles. The van der Waals surface area contributed by atoms with Gasteiger partial charge in [0, 0.05) is 5.92 Å². The minimum atomic E-state index is 0.506. The van der Waals surface area contributed by atoms with E-state index in [9.17, 15) is 0 Å². The summed E-state index contributed by atoms with van der Waals surface area (Å²) < 4.78 is 0. The van der Waals surface area contributed by atoms with Crippen LogP contribution < -0.4 is 0 Å². The van der Waals surface area contributed by atoms with E-state index in [2.05, 4.69) is 73.7 Å². The fraction of sp³-hybridized carbons (Fsp3) is 0.176. The second-order valence-corrected chi connectivity index (χ2v) is 4.72. The molecular weight excluding hydrogens is 204 g/mol. The van der Waals surface area contributed by atoms with Crippen molar-refractivity contribution in [1.82, 2.24) is 0 Å². The molecule has 0 saturated carbocycles. The lowest BCUT2D eigenvalue weighted by molar-refractivity contribution is 0.639. The highest BCUT2D eigenvalue weighted by molar-refractivity contribution is 5.86. The second-order valence-electron chi connectivity index (χ2n) is 4.72. The monoisotopic (exact) mass is 220 g/mol. The molecule has 2 unspecified atom stereocenters. The zero-order chi connectivity index (χ0) is 11.7. The molecule has 2 atom stereocenters. The maximum Gasteiger partial charge on any atom is 0.00875 e. The highest BCUT2D eigenvalue weighted by atomic mass is 14.2.